The maximum Gasteiger partial charge on any atom is 0.433 e. The molecule has 0 aliphatic heterocycles. The smallest absolute Gasteiger partial charge is 0.385 e. The summed E-state index contributed by atoms with van der Waals surface area (Å²) in [7, 11) is 0. The molecule has 3 unspecified atom stereocenters. The standard InChI is InChI=1S/C17H13F6NO/c1-7-2-8(5-10(18)3-7)4-9-6-24-16(17(21,22)23)12-11(9)13(19)14(20)15(12)25/h2-3,5-6,13-15,25H,4H2,1H3. The van der Waals surface area contributed by atoms with E-state index in [0.717, 1.165) is 12.3 Å². The summed E-state index contributed by atoms with van der Waals surface area (Å²) in [5, 5.41) is 9.73. The van der Waals surface area contributed by atoms with E-state index in [1.54, 1.807) is 13.0 Å². The van der Waals surface area contributed by atoms with Gasteiger partial charge in [0, 0.05) is 17.3 Å². The molecular weight excluding hydrogens is 348 g/mol. The van der Waals surface area contributed by atoms with Crippen molar-refractivity contribution in [1.82, 2.24) is 4.98 Å². The second-order valence-electron chi connectivity index (χ2n) is 6.06. The third-order valence-corrected chi connectivity index (χ3v) is 4.16. The number of halogens is 6. The molecule has 0 saturated carbocycles. The van der Waals surface area contributed by atoms with Crippen LogP contribution in [0.5, 0.6) is 0 Å². The molecule has 8 heteroatoms. The van der Waals surface area contributed by atoms with E-state index >= 15 is 0 Å². The number of aromatic nitrogens is 1. The summed E-state index contributed by atoms with van der Waals surface area (Å²) in [4.78, 5) is 3.27. The first kappa shape index (κ1) is 17.7. The van der Waals surface area contributed by atoms with E-state index in [1.807, 2.05) is 0 Å². The Hall–Kier alpha value is -2.09. The molecule has 0 fully saturated rings. The molecule has 3 atom stereocenters. The molecule has 0 radical (unpaired) electrons. The minimum Gasteiger partial charge on any atom is -0.385 e. The van der Waals surface area contributed by atoms with Gasteiger partial charge >= 0.3 is 6.18 Å². The zero-order valence-electron chi connectivity index (χ0n) is 12.9. The normalized spacial score (nSPS) is 23.0. The summed E-state index contributed by atoms with van der Waals surface area (Å²) in [6.07, 6.45) is -11.4. The van der Waals surface area contributed by atoms with Gasteiger partial charge in [0.05, 0.1) is 0 Å². The molecule has 2 aromatic rings. The maximum atomic E-state index is 14.2. The molecule has 3 rings (SSSR count). The zero-order chi connectivity index (χ0) is 18.5. The van der Waals surface area contributed by atoms with E-state index in [9.17, 15) is 31.4 Å². The van der Waals surface area contributed by atoms with E-state index in [4.69, 9.17) is 0 Å². The Balaban J connectivity index is 2.14. The van der Waals surface area contributed by atoms with Gasteiger partial charge in [-0.1, -0.05) is 6.07 Å². The molecule has 0 spiro atoms. The first-order valence-corrected chi connectivity index (χ1v) is 7.40. The number of aryl methyl sites for hydroxylation is 1. The van der Waals surface area contributed by atoms with Gasteiger partial charge in [0.15, 0.2) is 18.0 Å². The maximum absolute atomic E-state index is 14.2. The highest BCUT2D eigenvalue weighted by Crippen LogP contribution is 2.49. The fourth-order valence-corrected chi connectivity index (χ4v) is 3.19. The van der Waals surface area contributed by atoms with Crippen molar-refractivity contribution in [1.29, 1.82) is 0 Å². The van der Waals surface area contributed by atoms with Gasteiger partial charge in [0.1, 0.15) is 11.9 Å². The molecule has 1 N–H and O–H groups in total. The monoisotopic (exact) mass is 361 g/mol. The van der Waals surface area contributed by atoms with E-state index < -0.39 is 47.3 Å². The molecule has 1 heterocycles. The van der Waals surface area contributed by atoms with Crippen molar-refractivity contribution in [3.63, 3.8) is 0 Å². The lowest BCUT2D eigenvalue weighted by Gasteiger charge is -2.16. The highest BCUT2D eigenvalue weighted by molar-refractivity contribution is 5.48. The summed E-state index contributed by atoms with van der Waals surface area (Å²) in [5.41, 5.74) is -1.99. The average Bonchev–Trinajstić information content (AvgIpc) is 2.71. The van der Waals surface area contributed by atoms with Crippen molar-refractivity contribution in [3.8, 4) is 0 Å². The molecule has 1 aliphatic carbocycles. The molecule has 2 nitrogen and oxygen atoms in total. The summed E-state index contributed by atoms with van der Waals surface area (Å²) >= 11 is 0. The number of aliphatic hydroxyl groups excluding tert-OH is 1. The minimum absolute atomic E-state index is 0.0142. The van der Waals surface area contributed by atoms with Crippen LogP contribution >= 0.6 is 0 Å². The number of benzene rings is 1. The fourth-order valence-electron chi connectivity index (χ4n) is 3.19. The van der Waals surface area contributed by atoms with Crippen LogP contribution in [-0.4, -0.2) is 16.3 Å². The third kappa shape index (κ3) is 3.10. The van der Waals surface area contributed by atoms with E-state index in [2.05, 4.69) is 4.98 Å². The van der Waals surface area contributed by atoms with Crippen LogP contribution in [0.2, 0.25) is 0 Å². The van der Waals surface area contributed by atoms with Crippen LogP contribution < -0.4 is 0 Å². The van der Waals surface area contributed by atoms with E-state index in [0.29, 0.717) is 11.1 Å². The zero-order valence-corrected chi connectivity index (χ0v) is 12.9. The van der Waals surface area contributed by atoms with Gasteiger partial charge in [0.25, 0.3) is 0 Å². The SMILES string of the molecule is Cc1cc(F)cc(Cc2cnc(C(F)(F)F)c3c2C(F)C(F)C3O)c1. The first-order valence-electron chi connectivity index (χ1n) is 7.40. The Morgan fingerprint density at radius 2 is 1.80 bits per heavy atom. The molecule has 25 heavy (non-hydrogen) atoms. The summed E-state index contributed by atoms with van der Waals surface area (Å²) in [6.45, 7) is 1.63. The molecule has 1 aliphatic rings. The molecule has 0 saturated heterocycles. The first-order chi connectivity index (χ1) is 11.6. The number of aliphatic hydroxyl groups is 1. The second-order valence-corrected chi connectivity index (χ2v) is 6.06. The molecule has 0 amide bonds. The van der Waals surface area contributed by atoms with Crippen LogP contribution in [0.1, 0.15) is 45.8 Å². The van der Waals surface area contributed by atoms with Crippen molar-refractivity contribution >= 4 is 0 Å². The van der Waals surface area contributed by atoms with Gasteiger partial charge in [-0.2, -0.15) is 13.2 Å². The van der Waals surface area contributed by atoms with Crippen LogP contribution in [0.15, 0.2) is 24.4 Å². The molecular formula is C17H13F6NO. The van der Waals surface area contributed by atoms with Gasteiger partial charge in [-0.05, 0) is 42.2 Å². The van der Waals surface area contributed by atoms with Gasteiger partial charge in [-0.25, -0.2) is 13.2 Å². The van der Waals surface area contributed by atoms with Crippen molar-refractivity contribution in [3.05, 3.63) is 63.7 Å². The number of nitrogens with zero attached hydrogens (tertiary/aromatic N) is 1. The van der Waals surface area contributed by atoms with Crippen LogP contribution in [0.25, 0.3) is 0 Å². The molecule has 1 aromatic heterocycles. The lowest BCUT2D eigenvalue weighted by molar-refractivity contribution is -0.143. The Bertz CT molecular complexity index is 799. The van der Waals surface area contributed by atoms with Crippen molar-refractivity contribution in [2.24, 2.45) is 0 Å². The highest BCUT2D eigenvalue weighted by Gasteiger charge is 2.49. The number of fused-ring (bicyclic) bond motifs is 1. The topological polar surface area (TPSA) is 33.1 Å². The van der Waals surface area contributed by atoms with Crippen LogP contribution in [0.3, 0.4) is 0 Å². The molecule has 0 bridgehead atoms. The van der Waals surface area contributed by atoms with Crippen molar-refractivity contribution in [2.45, 2.75) is 38.0 Å². The summed E-state index contributed by atoms with van der Waals surface area (Å²) < 4.78 is 80.8. The van der Waals surface area contributed by atoms with Crippen LogP contribution in [-0.2, 0) is 12.6 Å². The van der Waals surface area contributed by atoms with E-state index in [1.165, 1.54) is 6.07 Å². The predicted octanol–water partition coefficient (Wildman–Crippen LogP) is 4.53. The predicted molar refractivity (Wildman–Crippen MR) is 76.9 cm³/mol. The van der Waals surface area contributed by atoms with E-state index in [-0.39, 0.29) is 12.0 Å². The molecule has 134 valence electrons. The fraction of sp³-hybridized carbons (Fsp3) is 0.353. The average molecular weight is 361 g/mol. The summed E-state index contributed by atoms with van der Waals surface area (Å²) in [5.74, 6) is -0.549. The van der Waals surface area contributed by atoms with Crippen molar-refractivity contribution in [2.75, 3.05) is 0 Å². The third-order valence-electron chi connectivity index (χ3n) is 4.16. The molecule has 1 aromatic carbocycles. The lowest BCUT2D eigenvalue weighted by atomic mass is 9.96. The van der Waals surface area contributed by atoms with Gasteiger partial charge < -0.3 is 5.11 Å². The Kier molecular flexibility index (Phi) is 4.26. The number of hydrogen-bond acceptors (Lipinski definition) is 2. The number of alkyl halides is 5. The van der Waals surface area contributed by atoms with Gasteiger partial charge in [0.2, 0.25) is 0 Å². The Morgan fingerprint density at radius 1 is 1.12 bits per heavy atom. The minimum atomic E-state index is -4.96. The largest absolute Gasteiger partial charge is 0.433 e. The quantitative estimate of drug-likeness (QED) is 0.797. The van der Waals surface area contributed by atoms with Crippen molar-refractivity contribution < 1.29 is 31.4 Å². The Morgan fingerprint density at radius 3 is 2.40 bits per heavy atom. The van der Waals surface area contributed by atoms with Crippen LogP contribution in [0, 0.1) is 12.7 Å². The highest BCUT2D eigenvalue weighted by atomic mass is 19.4. The number of hydrogen-bond donors (Lipinski definition) is 1. The second kappa shape index (κ2) is 6.01. The van der Waals surface area contributed by atoms with Gasteiger partial charge in [-0.15, -0.1) is 0 Å². The van der Waals surface area contributed by atoms with Gasteiger partial charge in [-0.3, -0.25) is 4.98 Å². The number of pyridine rings is 1. The van der Waals surface area contributed by atoms with Crippen LogP contribution in [0.4, 0.5) is 26.3 Å². The Labute approximate surface area is 139 Å². The lowest BCUT2D eigenvalue weighted by Crippen LogP contribution is -2.16. The summed E-state index contributed by atoms with van der Waals surface area (Å²) in [6, 6.07) is 4.00. The number of rotatable bonds is 2.